The second-order valence-corrected chi connectivity index (χ2v) is 3.86. The third-order valence-corrected chi connectivity index (χ3v) is 2.62. The van der Waals surface area contributed by atoms with Crippen LogP contribution in [0.2, 0.25) is 5.02 Å². The average Bonchev–Trinajstić information content (AvgIpc) is 2.30. The molecule has 0 unspecified atom stereocenters. The first kappa shape index (κ1) is 13.3. The summed E-state index contributed by atoms with van der Waals surface area (Å²) in [6.45, 7) is 1.60. The molecular formula is C11H13ClN2O3. The van der Waals surface area contributed by atoms with Crippen LogP contribution in [0.3, 0.4) is 0 Å². The van der Waals surface area contributed by atoms with Crippen molar-refractivity contribution in [2.24, 2.45) is 0 Å². The Bertz CT molecular complexity index is 460. The second kappa shape index (κ2) is 5.54. The van der Waals surface area contributed by atoms with Crippen molar-refractivity contribution in [1.82, 2.24) is 5.32 Å². The number of alkyl carbamates (subject to hydrolysis) is 1. The van der Waals surface area contributed by atoms with Gasteiger partial charge in [-0.3, -0.25) is 4.79 Å². The predicted molar refractivity (Wildman–Crippen MR) is 65.3 cm³/mol. The third kappa shape index (κ3) is 3.35. The molecule has 1 amide bonds. The Morgan fingerprint density at radius 1 is 1.47 bits per heavy atom. The van der Waals surface area contributed by atoms with Crippen molar-refractivity contribution >= 4 is 29.2 Å². The molecule has 0 radical (unpaired) electrons. The lowest BCUT2D eigenvalue weighted by Crippen LogP contribution is -2.29. The van der Waals surface area contributed by atoms with Crippen LogP contribution < -0.4 is 11.1 Å². The molecule has 0 aliphatic heterocycles. The van der Waals surface area contributed by atoms with Gasteiger partial charge in [-0.15, -0.1) is 0 Å². The molecule has 0 saturated carbocycles. The Kier molecular flexibility index (Phi) is 4.34. The van der Waals surface area contributed by atoms with Crippen LogP contribution in [-0.4, -0.2) is 25.5 Å². The number of rotatable bonds is 3. The van der Waals surface area contributed by atoms with E-state index in [1.54, 1.807) is 13.0 Å². The van der Waals surface area contributed by atoms with Gasteiger partial charge in [-0.1, -0.05) is 11.6 Å². The summed E-state index contributed by atoms with van der Waals surface area (Å²) in [6.07, 6.45) is -0.664. The quantitative estimate of drug-likeness (QED) is 0.638. The highest BCUT2D eigenvalue weighted by Gasteiger charge is 2.13. The van der Waals surface area contributed by atoms with Crippen LogP contribution in [0.15, 0.2) is 12.1 Å². The average molecular weight is 257 g/mol. The zero-order valence-corrected chi connectivity index (χ0v) is 10.3. The fraction of sp³-hybridized carbons (Fsp3) is 0.273. The Labute approximate surface area is 104 Å². The van der Waals surface area contributed by atoms with Crippen LogP contribution in [0.5, 0.6) is 0 Å². The van der Waals surface area contributed by atoms with Crippen molar-refractivity contribution < 1.29 is 14.3 Å². The van der Waals surface area contributed by atoms with Gasteiger partial charge in [-0.2, -0.15) is 0 Å². The van der Waals surface area contributed by atoms with E-state index < -0.39 is 6.09 Å². The van der Waals surface area contributed by atoms with Crippen LogP contribution in [0.1, 0.15) is 15.9 Å². The largest absolute Gasteiger partial charge is 0.453 e. The highest BCUT2D eigenvalue weighted by Crippen LogP contribution is 2.22. The van der Waals surface area contributed by atoms with Gasteiger partial charge in [-0.25, -0.2) is 4.79 Å². The first-order valence-corrected chi connectivity index (χ1v) is 5.24. The molecule has 92 valence electrons. The number of ketones is 1. The van der Waals surface area contributed by atoms with Crippen LogP contribution in [-0.2, 0) is 4.74 Å². The number of benzene rings is 1. The molecule has 0 fully saturated rings. The summed E-state index contributed by atoms with van der Waals surface area (Å²) in [4.78, 5) is 22.6. The lowest BCUT2D eigenvalue weighted by Gasteiger charge is -2.08. The summed E-state index contributed by atoms with van der Waals surface area (Å²) in [5.74, 6) is -0.298. The Morgan fingerprint density at radius 2 is 2.12 bits per heavy atom. The summed E-state index contributed by atoms with van der Waals surface area (Å²) in [5, 5.41) is 2.79. The molecule has 1 aromatic rings. The Balaban J connectivity index is 2.82. The highest BCUT2D eigenvalue weighted by atomic mass is 35.5. The van der Waals surface area contributed by atoms with Gasteiger partial charge < -0.3 is 15.8 Å². The van der Waals surface area contributed by atoms with Crippen molar-refractivity contribution in [1.29, 1.82) is 0 Å². The minimum atomic E-state index is -0.664. The molecule has 0 atom stereocenters. The van der Waals surface area contributed by atoms with Gasteiger partial charge in [0.05, 0.1) is 13.7 Å². The van der Waals surface area contributed by atoms with Crippen LogP contribution in [0.25, 0.3) is 0 Å². The standard InChI is InChI=1S/C11H13ClN2O3/c1-6-3-7(9(13)4-8(6)12)10(15)5-14-11(16)17-2/h3-4H,5,13H2,1-2H3,(H,14,16). The van der Waals surface area contributed by atoms with Gasteiger partial charge in [0.1, 0.15) is 0 Å². The molecule has 0 bridgehead atoms. The predicted octanol–water partition coefficient (Wildman–Crippen LogP) is 1.77. The number of anilines is 1. The number of nitrogens with one attached hydrogen (secondary N) is 1. The lowest BCUT2D eigenvalue weighted by molar-refractivity contribution is 0.0984. The van der Waals surface area contributed by atoms with E-state index in [0.29, 0.717) is 10.6 Å². The number of Topliss-reactive ketones (excluding diaryl/α,β-unsaturated/α-hetero) is 1. The molecule has 1 rings (SSSR count). The monoisotopic (exact) mass is 256 g/mol. The maximum Gasteiger partial charge on any atom is 0.407 e. The number of carbonyl (C=O) groups is 2. The fourth-order valence-electron chi connectivity index (χ4n) is 1.26. The van der Waals surface area contributed by atoms with E-state index in [4.69, 9.17) is 17.3 Å². The van der Waals surface area contributed by atoms with Crippen molar-refractivity contribution in [2.45, 2.75) is 6.92 Å². The number of methoxy groups -OCH3 is 1. The molecule has 0 heterocycles. The number of nitrogens with two attached hydrogens (primary N) is 1. The number of nitrogen functional groups attached to an aromatic ring is 1. The van der Waals surface area contributed by atoms with Gasteiger partial charge in [0.25, 0.3) is 0 Å². The molecule has 0 saturated heterocycles. The SMILES string of the molecule is COC(=O)NCC(=O)c1cc(C)c(Cl)cc1N. The van der Waals surface area contributed by atoms with Crippen molar-refractivity contribution in [2.75, 3.05) is 19.4 Å². The van der Waals surface area contributed by atoms with E-state index >= 15 is 0 Å². The number of carbonyl (C=O) groups excluding carboxylic acids is 2. The highest BCUT2D eigenvalue weighted by molar-refractivity contribution is 6.31. The van der Waals surface area contributed by atoms with E-state index in [2.05, 4.69) is 10.1 Å². The number of hydrogen-bond donors (Lipinski definition) is 2. The normalized spacial score (nSPS) is 9.82. The smallest absolute Gasteiger partial charge is 0.407 e. The van der Waals surface area contributed by atoms with Crippen LogP contribution in [0, 0.1) is 6.92 Å². The first-order valence-electron chi connectivity index (χ1n) is 4.86. The first-order chi connectivity index (χ1) is 7.95. The molecule has 6 heteroatoms. The number of hydrogen-bond acceptors (Lipinski definition) is 4. The Morgan fingerprint density at radius 3 is 2.71 bits per heavy atom. The van der Waals surface area contributed by atoms with Crippen LogP contribution in [0.4, 0.5) is 10.5 Å². The lowest BCUT2D eigenvalue weighted by atomic mass is 10.1. The third-order valence-electron chi connectivity index (χ3n) is 2.21. The summed E-state index contributed by atoms with van der Waals surface area (Å²) in [6, 6.07) is 3.11. The molecule has 0 aromatic heterocycles. The zero-order valence-electron chi connectivity index (χ0n) is 9.54. The number of halogens is 1. The summed E-state index contributed by atoms with van der Waals surface area (Å²) < 4.78 is 4.35. The van der Waals surface area contributed by atoms with Gasteiger partial charge in [-0.05, 0) is 24.6 Å². The summed E-state index contributed by atoms with van der Waals surface area (Å²) in [5.41, 5.74) is 7.06. The van der Waals surface area contributed by atoms with Gasteiger partial charge in [0, 0.05) is 16.3 Å². The van der Waals surface area contributed by atoms with Gasteiger partial charge in [0.15, 0.2) is 5.78 Å². The molecule has 0 spiro atoms. The van der Waals surface area contributed by atoms with Gasteiger partial charge >= 0.3 is 6.09 Å². The van der Waals surface area contributed by atoms with Crippen molar-refractivity contribution in [3.63, 3.8) is 0 Å². The number of ether oxygens (including phenoxy) is 1. The zero-order chi connectivity index (χ0) is 13.0. The molecule has 5 nitrogen and oxygen atoms in total. The fourth-order valence-corrected chi connectivity index (χ4v) is 1.43. The van der Waals surface area contributed by atoms with Crippen molar-refractivity contribution in [3.05, 3.63) is 28.3 Å². The number of amides is 1. The maximum absolute atomic E-state index is 11.8. The van der Waals surface area contributed by atoms with E-state index in [9.17, 15) is 9.59 Å². The second-order valence-electron chi connectivity index (χ2n) is 3.46. The molecule has 0 aliphatic rings. The minimum absolute atomic E-state index is 0.169. The summed E-state index contributed by atoms with van der Waals surface area (Å²) >= 11 is 5.86. The minimum Gasteiger partial charge on any atom is -0.453 e. The van der Waals surface area contributed by atoms with Crippen LogP contribution >= 0.6 is 11.6 Å². The molecular weight excluding hydrogens is 244 g/mol. The number of aryl methyl sites for hydroxylation is 1. The van der Waals surface area contributed by atoms with E-state index in [1.165, 1.54) is 13.2 Å². The molecule has 0 aliphatic carbocycles. The molecule has 17 heavy (non-hydrogen) atoms. The molecule has 1 aromatic carbocycles. The van der Waals surface area contributed by atoms with E-state index in [1.807, 2.05) is 0 Å². The Hall–Kier alpha value is -1.75. The van der Waals surface area contributed by atoms with Crippen molar-refractivity contribution in [3.8, 4) is 0 Å². The summed E-state index contributed by atoms with van der Waals surface area (Å²) in [7, 11) is 1.22. The topological polar surface area (TPSA) is 81.4 Å². The maximum atomic E-state index is 11.8. The van der Waals surface area contributed by atoms with E-state index in [0.717, 1.165) is 5.56 Å². The molecule has 3 N–H and O–H groups in total. The van der Waals surface area contributed by atoms with Gasteiger partial charge in [0.2, 0.25) is 0 Å². The van der Waals surface area contributed by atoms with E-state index in [-0.39, 0.29) is 18.0 Å².